The minimum Gasteiger partial charge on any atom is -0.361 e. The molecule has 92 valence electrons. The van der Waals surface area contributed by atoms with Crippen LogP contribution in [0.4, 0.5) is 0 Å². The van der Waals surface area contributed by atoms with Crippen molar-refractivity contribution in [1.82, 2.24) is 4.98 Å². The number of rotatable bonds is 4. The van der Waals surface area contributed by atoms with E-state index in [1.54, 1.807) is 24.4 Å². The van der Waals surface area contributed by atoms with Gasteiger partial charge in [0, 0.05) is 34.8 Å². The molecule has 1 aromatic carbocycles. The lowest BCUT2D eigenvalue weighted by molar-refractivity contribution is -0.417. The van der Waals surface area contributed by atoms with Gasteiger partial charge in [0.05, 0.1) is 4.92 Å². The van der Waals surface area contributed by atoms with E-state index in [2.05, 4.69) is 4.98 Å². The van der Waals surface area contributed by atoms with Crippen LogP contribution in [-0.4, -0.2) is 9.91 Å². The van der Waals surface area contributed by atoms with Crippen molar-refractivity contribution in [2.45, 2.75) is 13.3 Å². The SMILES string of the molecule is CC/C=C/C(=C\c1c[nH]c2ccccc12)[N+](=O)[O-]. The van der Waals surface area contributed by atoms with Crippen LogP contribution in [0.1, 0.15) is 18.9 Å². The molecule has 0 saturated carbocycles. The highest BCUT2D eigenvalue weighted by atomic mass is 16.6. The van der Waals surface area contributed by atoms with Crippen LogP contribution in [0.3, 0.4) is 0 Å². The molecule has 4 heteroatoms. The Morgan fingerprint density at radius 2 is 2.22 bits per heavy atom. The Hall–Kier alpha value is -2.36. The summed E-state index contributed by atoms with van der Waals surface area (Å²) in [6, 6.07) is 7.73. The van der Waals surface area contributed by atoms with Crippen molar-refractivity contribution in [1.29, 1.82) is 0 Å². The van der Waals surface area contributed by atoms with E-state index < -0.39 is 0 Å². The fraction of sp³-hybridized carbons (Fsp3) is 0.143. The lowest BCUT2D eigenvalue weighted by Gasteiger charge is -1.93. The third-order valence-corrected chi connectivity index (χ3v) is 2.66. The molecule has 2 rings (SSSR count). The highest BCUT2D eigenvalue weighted by Crippen LogP contribution is 2.20. The largest absolute Gasteiger partial charge is 0.361 e. The molecule has 1 aromatic heterocycles. The molecule has 18 heavy (non-hydrogen) atoms. The standard InChI is InChI=1S/C14H14N2O2/c1-2-3-6-12(16(17)18)9-11-10-15-14-8-5-4-7-13(11)14/h3-10,15H,2H2,1H3/b6-3+,12-9+. The fourth-order valence-corrected chi connectivity index (χ4v) is 1.77. The molecular weight excluding hydrogens is 228 g/mol. The lowest BCUT2D eigenvalue weighted by Crippen LogP contribution is -1.94. The molecule has 0 saturated heterocycles. The van der Waals surface area contributed by atoms with Crippen LogP contribution >= 0.6 is 0 Å². The molecule has 2 aromatic rings. The van der Waals surface area contributed by atoms with Gasteiger partial charge < -0.3 is 4.98 Å². The van der Waals surface area contributed by atoms with E-state index in [0.29, 0.717) is 0 Å². The summed E-state index contributed by atoms with van der Waals surface area (Å²) in [6.07, 6.45) is 7.48. The second kappa shape index (κ2) is 5.31. The van der Waals surface area contributed by atoms with Crippen molar-refractivity contribution in [2.24, 2.45) is 0 Å². The zero-order valence-electron chi connectivity index (χ0n) is 10.1. The fourth-order valence-electron chi connectivity index (χ4n) is 1.77. The van der Waals surface area contributed by atoms with Crippen molar-refractivity contribution in [2.75, 3.05) is 0 Å². The molecule has 0 spiro atoms. The molecular formula is C14H14N2O2. The van der Waals surface area contributed by atoms with Gasteiger partial charge in [-0.2, -0.15) is 0 Å². The topological polar surface area (TPSA) is 58.9 Å². The van der Waals surface area contributed by atoms with Crippen molar-refractivity contribution in [3.63, 3.8) is 0 Å². The minimum absolute atomic E-state index is 0.0987. The van der Waals surface area contributed by atoms with E-state index in [0.717, 1.165) is 22.9 Å². The number of para-hydroxylation sites is 1. The van der Waals surface area contributed by atoms with Gasteiger partial charge in [0.15, 0.2) is 0 Å². The van der Waals surface area contributed by atoms with Crippen LogP contribution in [0.15, 0.2) is 48.3 Å². The van der Waals surface area contributed by atoms with Gasteiger partial charge in [0.1, 0.15) is 0 Å². The number of benzene rings is 1. The number of hydrogen-bond acceptors (Lipinski definition) is 2. The Bertz CT molecular complexity index is 624. The minimum atomic E-state index is -0.367. The first-order valence-corrected chi connectivity index (χ1v) is 5.81. The summed E-state index contributed by atoms with van der Waals surface area (Å²) in [5.74, 6) is 0. The average molecular weight is 242 g/mol. The van der Waals surface area contributed by atoms with E-state index in [1.807, 2.05) is 31.2 Å². The monoisotopic (exact) mass is 242 g/mol. The van der Waals surface area contributed by atoms with Crippen molar-refractivity contribution < 1.29 is 4.92 Å². The molecule has 0 amide bonds. The summed E-state index contributed by atoms with van der Waals surface area (Å²) in [5, 5.41) is 11.9. The maximum Gasteiger partial charge on any atom is 0.269 e. The Morgan fingerprint density at radius 1 is 1.44 bits per heavy atom. The number of aromatic nitrogens is 1. The number of nitrogens with zero attached hydrogens (tertiary/aromatic N) is 1. The highest BCUT2D eigenvalue weighted by molar-refractivity contribution is 5.89. The number of allylic oxidation sites excluding steroid dienone is 2. The Labute approximate surface area is 105 Å². The van der Waals surface area contributed by atoms with Crippen molar-refractivity contribution >= 4 is 17.0 Å². The molecule has 0 aliphatic heterocycles. The second-order valence-electron chi connectivity index (χ2n) is 3.93. The molecule has 0 aliphatic rings. The third-order valence-electron chi connectivity index (χ3n) is 2.66. The maximum absolute atomic E-state index is 10.9. The third kappa shape index (κ3) is 2.48. The van der Waals surface area contributed by atoms with E-state index in [-0.39, 0.29) is 10.6 Å². The number of hydrogen-bond donors (Lipinski definition) is 1. The summed E-state index contributed by atoms with van der Waals surface area (Å²) in [6.45, 7) is 1.94. The highest BCUT2D eigenvalue weighted by Gasteiger charge is 2.08. The second-order valence-corrected chi connectivity index (χ2v) is 3.93. The maximum atomic E-state index is 10.9. The Balaban J connectivity index is 2.46. The molecule has 0 fully saturated rings. The van der Waals surface area contributed by atoms with Crippen LogP contribution < -0.4 is 0 Å². The zero-order valence-corrected chi connectivity index (χ0v) is 10.1. The summed E-state index contributed by atoms with van der Waals surface area (Å²) < 4.78 is 0. The Kier molecular flexibility index (Phi) is 3.57. The first-order valence-electron chi connectivity index (χ1n) is 5.81. The normalized spacial score (nSPS) is 12.4. The number of fused-ring (bicyclic) bond motifs is 1. The van der Waals surface area contributed by atoms with Gasteiger partial charge in [-0.15, -0.1) is 0 Å². The van der Waals surface area contributed by atoms with Crippen LogP contribution in [0.2, 0.25) is 0 Å². The lowest BCUT2D eigenvalue weighted by atomic mass is 10.1. The van der Waals surface area contributed by atoms with Crippen LogP contribution in [0.25, 0.3) is 17.0 Å². The van der Waals surface area contributed by atoms with E-state index in [1.165, 1.54) is 0 Å². The van der Waals surface area contributed by atoms with Crippen LogP contribution in [0, 0.1) is 10.1 Å². The summed E-state index contributed by atoms with van der Waals surface area (Å²) in [5.41, 5.74) is 1.91. The quantitative estimate of drug-likeness (QED) is 0.504. The average Bonchev–Trinajstić information content (AvgIpc) is 2.77. The molecule has 0 aliphatic carbocycles. The summed E-state index contributed by atoms with van der Waals surface area (Å²) in [7, 11) is 0. The van der Waals surface area contributed by atoms with Gasteiger partial charge in [-0.05, 0) is 12.5 Å². The molecule has 0 atom stereocenters. The molecule has 1 heterocycles. The predicted octanol–water partition coefficient (Wildman–Crippen LogP) is 3.75. The van der Waals surface area contributed by atoms with E-state index >= 15 is 0 Å². The molecule has 0 radical (unpaired) electrons. The summed E-state index contributed by atoms with van der Waals surface area (Å²) >= 11 is 0. The number of aromatic amines is 1. The van der Waals surface area contributed by atoms with Crippen LogP contribution in [0.5, 0.6) is 0 Å². The van der Waals surface area contributed by atoms with Gasteiger partial charge in [-0.3, -0.25) is 10.1 Å². The van der Waals surface area contributed by atoms with E-state index in [4.69, 9.17) is 0 Å². The van der Waals surface area contributed by atoms with Crippen LogP contribution in [-0.2, 0) is 0 Å². The van der Waals surface area contributed by atoms with Gasteiger partial charge in [0.25, 0.3) is 5.70 Å². The summed E-state index contributed by atoms with van der Waals surface area (Å²) in [4.78, 5) is 13.7. The molecule has 1 N–H and O–H groups in total. The van der Waals surface area contributed by atoms with Gasteiger partial charge in [-0.1, -0.05) is 31.2 Å². The predicted molar refractivity (Wildman–Crippen MR) is 72.7 cm³/mol. The van der Waals surface area contributed by atoms with Gasteiger partial charge >= 0.3 is 0 Å². The number of nitro groups is 1. The molecule has 4 nitrogen and oxygen atoms in total. The van der Waals surface area contributed by atoms with Crippen molar-refractivity contribution in [3.8, 4) is 0 Å². The Morgan fingerprint density at radius 3 is 2.94 bits per heavy atom. The first kappa shape index (κ1) is 12.1. The van der Waals surface area contributed by atoms with E-state index in [9.17, 15) is 10.1 Å². The number of nitrogens with one attached hydrogen (secondary N) is 1. The number of H-pyrrole nitrogens is 1. The smallest absolute Gasteiger partial charge is 0.269 e. The first-order chi connectivity index (χ1) is 8.72. The molecule has 0 unspecified atom stereocenters. The van der Waals surface area contributed by atoms with Gasteiger partial charge in [0.2, 0.25) is 0 Å². The zero-order chi connectivity index (χ0) is 13.0. The van der Waals surface area contributed by atoms with Crippen molar-refractivity contribution in [3.05, 3.63) is 64.0 Å². The van der Waals surface area contributed by atoms with Gasteiger partial charge in [-0.25, -0.2) is 0 Å². The molecule has 0 bridgehead atoms.